The fraction of sp³-hybridized carbons (Fsp3) is 0. The first-order valence-electron chi connectivity index (χ1n) is 7.26. The van der Waals surface area contributed by atoms with Gasteiger partial charge in [0.05, 0.1) is 0 Å². The summed E-state index contributed by atoms with van der Waals surface area (Å²) in [7, 11) is 0. The van der Waals surface area contributed by atoms with E-state index in [4.69, 9.17) is 13.9 Å². The van der Waals surface area contributed by atoms with Crippen molar-refractivity contribution in [2.24, 2.45) is 0 Å². The number of anilines is 2. The molecule has 3 aromatic heterocycles. The minimum absolute atomic E-state index is 0.556. The fourth-order valence-electron chi connectivity index (χ4n) is 2.60. The van der Waals surface area contributed by atoms with Crippen LogP contribution in [-0.4, -0.2) is 15.0 Å². The fourth-order valence-corrected chi connectivity index (χ4v) is 2.60. The maximum Gasteiger partial charge on any atom is 0.198 e. The molecule has 0 aliphatic carbocycles. The van der Waals surface area contributed by atoms with Gasteiger partial charge in [-0.2, -0.15) is 0 Å². The molecule has 7 nitrogen and oxygen atoms in total. The molecule has 0 spiro atoms. The highest BCUT2D eigenvalue weighted by molar-refractivity contribution is 6.03. The Morgan fingerprint density at radius 1 is 0.875 bits per heavy atom. The molecule has 0 bridgehead atoms. The van der Waals surface area contributed by atoms with Crippen molar-refractivity contribution in [2.45, 2.75) is 0 Å². The SMILES string of the molecule is C1=COc2cc(Nc3ncnc4c3oc3cccnc34)ccc2O1. The molecule has 5 rings (SSSR count). The Kier molecular flexibility index (Phi) is 2.66. The van der Waals surface area contributed by atoms with Crippen LogP contribution in [0.3, 0.4) is 0 Å². The van der Waals surface area contributed by atoms with Gasteiger partial charge in [0.25, 0.3) is 0 Å². The van der Waals surface area contributed by atoms with Crippen LogP contribution < -0.4 is 14.8 Å². The van der Waals surface area contributed by atoms with Gasteiger partial charge in [-0.3, -0.25) is 4.98 Å². The smallest absolute Gasteiger partial charge is 0.198 e. The van der Waals surface area contributed by atoms with Crippen LogP contribution in [0.4, 0.5) is 11.5 Å². The molecule has 1 N–H and O–H groups in total. The topological polar surface area (TPSA) is 82.3 Å². The van der Waals surface area contributed by atoms with E-state index in [1.54, 1.807) is 6.20 Å². The summed E-state index contributed by atoms with van der Waals surface area (Å²) >= 11 is 0. The summed E-state index contributed by atoms with van der Waals surface area (Å²) in [6, 6.07) is 9.19. The Bertz CT molecular complexity index is 1100. The lowest BCUT2D eigenvalue weighted by atomic mass is 10.2. The van der Waals surface area contributed by atoms with Gasteiger partial charge in [-0.1, -0.05) is 0 Å². The normalized spacial score (nSPS) is 12.7. The van der Waals surface area contributed by atoms with Gasteiger partial charge in [0.15, 0.2) is 28.5 Å². The standard InChI is InChI=1S/C17H10N4O3/c1-2-12-14(18-5-1)15-16(24-12)17(20-9-19-15)21-10-3-4-11-13(8-10)23-7-6-22-11/h1-9H,(H,19,20,21). The van der Waals surface area contributed by atoms with Crippen molar-refractivity contribution in [3.63, 3.8) is 0 Å². The molecule has 116 valence electrons. The molecular formula is C17H10N4O3. The van der Waals surface area contributed by atoms with Crippen LogP contribution in [-0.2, 0) is 0 Å². The number of nitrogens with zero attached hydrogens (tertiary/aromatic N) is 3. The molecule has 4 heterocycles. The molecule has 0 atom stereocenters. The third kappa shape index (κ3) is 1.95. The molecule has 0 saturated heterocycles. The summed E-state index contributed by atoms with van der Waals surface area (Å²) in [5.41, 5.74) is 3.40. The number of nitrogens with one attached hydrogen (secondary N) is 1. The number of hydrogen-bond donors (Lipinski definition) is 1. The van der Waals surface area contributed by atoms with Crippen molar-refractivity contribution in [1.29, 1.82) is 0 Å². The van der Waals surface area contributed by atoms with Gasteiger partial charge >= 0.3 is 0 Å². The summed E-state index contributed by atoms with van der Waals surface area (Å²) in [6.07, 6.45) is 6.17. The van der Waals surface area contributed by atoms with Crippen molar-refractivity contribution in [3.05, 3.63) is 55.4 Å². The molecule has 0 unspecified atom stereocenters. The maximum absolute atomic E-state index is 5.85. The highest BCUT2D eigenvalue weighted by atomic mass is 16.5. The molecule has 24 heavy (non-hydrogen) atoms. The zero-order valence-corrected chi connectivity index (χ0v) is 12.3. The van der Waals surface area contributed by atoms with Crippen LogP contribution in [0.2, 0.25) is 0 Å². The van der Waals surface area contributed by atoms with Crippen LogP contribution in [0.5, 0.6) is 11.5 Å². The van der Waals surface area contributed by atoms with E-state index in [0.29, 0.717) is 39.5 Å². The molecule has 7 heteroatoms. The predicted molar refractivity (Wildman–Crippen MR) is 87.2 cm³/mol. The van der Waals surface area contributed by atoms with Crippen molar-refractivity contribution < 1.29 is 13.9 Å². The first kappa shape index (κ1) is 12.9. The van der Waals surface area contributed by atoms with Crippen LogP contribution >= 0.6 is 0 Å². The summed E-state index contributed by atoms with van der Waals surface area (Å²) in [6.45, 7) is 0. The van der Waals surface area contributed by atoms with Gasteiger partial charge in [0, 0.05) is 18.0 Å². The molecule has 0 radical (unpaired) electrons. The van der Waals surface area contributed by atoms with E-state index in [9.17, 15) is 0 Å². The van der Waals surface area contributed by atoms with E-state index < -0.39 is 0 Å². The minimum atomic E-state index is 0.556. The van der Waals surface area contributed by atoms with Crippen molar-refractivity contribution in [2.75, 3.05) is 5.32 Å². The van der Waals surface area contributed by atoms with E-state index >= 15 is 0 Å². The lowest BCUT2D eigenvalue weighted by molar-refractivity contribution is 0.362. The third-order valence-corrected chi connectivity index (χ3v) is 3.66. The molecule has 1 aliphatic heterocycles. The van der Waals surface area contributed by atoms with Crippen LogP contribution in [0.25, 0.3) is 22.2 Å². The van der Waals surface area contributed by atoms with Gasteiger partial charge in [0.2, 0.25) is 0 Å². The second-order valence-corrected chi connectivity index (χ2v) is 5.15. The number of fused-ring (bicyclic) bond motifs is 4. The Morgan fingerprint density at radius 3 is 2.75 bits per heavy atom. The molecular weight excluding hydrogens is 308 g/mol. The number of rotatable bonds is 2. The van der Waals surface area contributed by atoms with Gasteiger partial charge in [-0.05, 0) is 24.3 Å². The second kappa shape index (κ2) is 4.95. The number of benzene rings is 1. The van der Waals surface area contributed by atoms with Crippen LogP contribution in [0.15, 0.2) is 59.8 Å². The van der Waals surface area contributed by atoms with Gasteiger partial charge < -0.3 is 19.2 Å². The van der Waals surface area contributed by atoms with Gasteiger partial charge in [-0.25, -0.2) is 9.97 Å². The number of aromatic nitrogens is 3. The first-order chi connectivity index (χ1) is 11.9. The summed E-state index contributed by atoms with van der Waals surface area (Å²) in [5, 5.41) is 3.23. The lowest BCUT2D eigenvalue weighted by Crippen LogP contribution is -1.99. The molecule has 0 fully saturated rings. The molecule has 0 amide bonds. The van der Waals surface area contributed by atoms with Crippen molar-refractivity contribution in [1.82, 2.24) is 15.0 Å². The summed E-state index contributed by atoms with van der Waals surface area (Å²) in [4.78, 5) is 12.9. The Morgan fingerprint density at radius 2 is 1.79 bits per heavy atom. The maximum atomic E-state index is 5.85. The Labute approximate surface area is 135 Å². The number of hydrogen-bond acceptors (Lipinski definition) is 7. The van der Waals surface area contributed by atoms with Crippen LogP contribution in [0.1, 0.15) is 0 Å². The molecule has 4 aromatic rings. The zero-order chi connectivity index (χ0) is 15.9. The average molecular weight is 318 g/mol. The summed E-state index contributed by atoms with van der Waals surface area (Å²) in [5.74, 6) is 1.84. The molecule has 0 saturated carbocycles. The molecule has 1 aliphatic rings. The van der Waals surface area contributed by atoms with Gasteiger partial charge in [-0.15, -0.1) is 0 Å². The van der Waals surface area contributed by atoms with E-state index in [2.05, 4.69) is 20.3 Å². The van der Waals surface area contributed by atoms with Crippen molar-refractivity contribution in [3.8, 4) is 11.5 Å². The molecule has 1 aromatic carbocycles. The minimum Gasteiger partial charge on any atom is -0.458 e. The largest absolute Gasteiger partial charge is 0.458 e. The van der Waals surface area contributed by atoms with E-state index in [1.165, 1.54) is 18.9 Å². The quantitative estimate of drug-likeness (QED) is 0.602. The number of ether oxygens (including phenoxy) is 2. The van der Waals surface area contributed by atoms with Crippen molar-refractivity contribution >= 4 is 33.7 Å². The predicted octanol–water partition coefficient (Wildman–Crippen LogP) is 3.76. The highest BCUT2D eigenvalue weighted by Gasteiger charge is 2.15. The second-order valence-electron chi connectivity index (χ2n) is 5.15. The van der Waals surface area contributed by atoms with Gasteiger partial charge in [0.1, 0.15) is 29.9 Å². The first-order valence-corrected chi connectivity index (χ1v) is 7.26. The van der Waals surface area contributed by atoms with E-state index in [-0.39, 0.29) is 0 Å². The van der Waals surface area contributed by atoms with E-state index in [0.717, 1.165) is 5.69 Å². The average Bonchev–Trinajstić information content (AvgIpc) is 3.02. The highest BCUT2D eigenvalue weighted by Crippen LogP contribution is 2.35. The third-order valence-electron chi connectivity index (χ3n) is 3.66. The Balaban J connectivity index is 1.60. The monoisotopic (exact) mass is 318 g/mol. The zero-order valence-electron chi connectivity index (χ0n) is 12.3. The Hall–Kier alpha value is -3.61. The number of pyridine rings is 1. The van der Waals surface area contributed by atoms with E-state index in [1.807, 2.05) is 30.3 Å². The lowest BCUT2D eigenvalue weighted by Gasteiger charge is -2.13. The van der Waals surface area contributed by atoms with Crippen LogP contribution in [0, 0.1) is 0 Å². The number of furan rings is 1. The summed E-state index contributed by atoms with van der Waals surface area (Å²) < 4.78 is 16.6.